The highest BCUT2D eigenvalue weighted by Crippen LogP contribution is 2.33. The summed E-state index contributed by atoms with van der Waals surface area (Å²) < 4.78 is 22.0. The van der Waals surface area contributed by atoms with Crippen molar-refractivity contribution in [2.45, 2.75) is 39.4 Å². The lowest BCUT2D eigenvalue weighted by molar-refractivity contribution is -0.108. The van der Waals surface area contributed by atoms with E-state index in [0.29, 0.717) is 28.2 Å². The molecule has 0 saturated heterocycles. The van der Waals surface area contributed by atoms with Crippen LogP contribution in [-0.4, -0.2) is 39.3 Å². The maximum Gasteiger partial charge on any atom is 0.214 e. The van der Waals surface area contributed by atoms with Crippen LogP contribution in [0, 0.1) is 5.82 Å². The van der Waals surface area contributed by atoms with Gasteiger partial charge in [0.1, 0.15) is 17.7 Å². The van der Waals surface area contributed by atoms with E-state index in [1.807, 2.05) is 27.7 Å². The molecule has 0 aliphatic heterocycles. The predicted octanol–water partition coefficient (Wildman–Crippen LogP) is 3.94. The molecule has 2 aromatic heterocycles. The lowest BCUT2D eigenvalue weighted by Crippen LogP contribution is -2.36. The van der Waals surface area contributed by atoms with E-state index in [0.717, 1.165) is 0 Å². The van der Waals surface area contributed by atoms with E-state index in [4.69, 9.17) is 22.1 Å². The molecule has 0 aliphatic rings. The van der Waals surface area contributed by atoms with E-state index in [1.165, 1.54) is 21.8 Å². The van der Waals surface area contributed by atoms with Gasteiger partial charge < -0.3 is 15.4 Å². The molecular weight excluding hydrogens is 397 g/mol. The maximum atomic E-state index is 14.6. The average molecular weight is 420 g/mol. The minimum absolute atomic E-state index is 0.134. The number of rotatable bonds is 6. The van der Waals surface area contributed by atoms with Gasteiger partial charge in [0.05, 0.1) is 34.7 Å². The SMILES string of the molecule is C[C@@H](CN(C=O)c1cc(-c2cc(Cl)c3c(N)ncnn23)ccc1F)OC(C)(C)C. The molecule has 0 bridgehead atoms. The van der Waals surface area contributed by atoms with Crippen LogP contribution in [0.5, 0.6) is 0 Å². The summed E-state index contributed by atoms with van der Waals surface area (Å²) >= 11 is 6.29. The summed E-state index contributed by atoms with van der Waals surface area (Å²) in [6.07, 6.45) is 1.61. The number of amides is 1. The molecule has 3 rings (SSSR count). The Morgan fingerprint density at radius 1 is 1.38 bits per heavy atom. The number of ether oxygens (including phenoxy) is 1. The molecule has 2 heterocycles. The number of aromatic nitrogens is 3. The number of anilines is 2. The van der Waals surface area contributed by atoms with E-state index in [2.05, 4.69) is 10.1 Å². The highest BCUT2D eigenvalue weighted by atomic mass is 35.5. The first-order chi connectivity index (χ1) is 13.6. The van der Waals surface area contributed by atoms with Crippen LogP contribution in [0.3, 0.4) is 0 Å². The topological polar surface area (TPSA) is 85.8 Å². The summed E-state index contributed by atoms with van der Waals surface area (Å²) in [7, 11) is 0. The third-order valence-electron chi connectivity index (χ3n) is 4.22. The number of hydrogen-bond acceptors (Lipinski definition) is 5. The predicted molar refractivity (Wildman–Crippen MR) is 112 cm³/mol. The van der Waals surface area contributed by atoms with Gasteiger partial charge in [-0.2, -0.15) is 5.10 Å². The van der Waals surface area contributed by atoms with E-state index < -0.39 is 5.82 Å². The number of halogens is 2. The minimum Gasteiger partial charge on any atom is -0.382 e. The average Bonchev–Trinajstić information content (AvgIpc) is 2.97. The van der Waals surface area contributed by atoms with Crippen LogP contribution in [0.2, 0.25) is 5.02 Å². The Hall–Kier alpha value is -2.71. The van der Waals surface area contributed by atoms with Crippen molar-refractivity contribution in [3.63, 3.8) is 0 Å². The van der Waals surface area contributed by atoms with Gasteiger partial charge in [-0.15, -0.1) is 0 Å². The molecule has 9 heteroatoms. The van der Waals surface area contributed by atoms with Crippen LogP contribution in [0.1, 0.15) is 27.7 Å². The molecule has 29 heavy (non-hydrogen) atoms. The number of nitrogen functional groups attached to an aromatic ring is 1. The first-order valence-corrected chi connectivity index (χ1v) is 9.46. The quantitative estimate of drug-likeness (QED) is 0.611. The molecule has 0 spiro atoms. The van der Waals surface area contributed by atoms with Gasteiger partial charge in [0.15, 0.2) is 5.82 Å². The second-order valence-electron chi connectivity index (χ2n) is 7.75. The zero-order valence-corrected chi connectivity index (χ0v) is 17.4. The molecule has 0 fully saturated rings. The van der Waals surface area contributed by atoms with Crippen molar-refractivity contribution in [1.82, 2.24) is 14.6 Å². The normalized spacial score (nSPS) is 12.9. The molecule has 7 nitrogen and oxygen atoms in total. The van der Waals surface area contributed by atoms with Crippen molar-refractivity contribution < 1.29 is 13.9 Å². The Morgan fingerprint density at radius 3 is 2.76 bits per heavy atom. The van der Waals surface area contributed by atoms with Gasteiger partial charge in [-0.1, -0.05) is 11.6 Å². The summed E-state index contributed by atoms with van der Waals surface area (Å²) in [6, 6.07) is 6.14. The summed E-state index contributed by atoms with van der Waals surface area (Å²) in [5, 5.41) is 4.57. The van der Waals surface area contributed by atoms with Gasteiger partial charge >= 0.3 is 0 Å². The van der Waals surface area contributed by atoms with E-state index in [1.54, 1.807) is 18.2 Å². The van der Waals surface area contributed by atoms with Gasteiger partial charge in [-0.05, 0) is 52.0 Å². The third kappa shape index (κ3) is 4.49. The summed E-state index contributed by atoms with van der Waals surface area (Å²) in [4.78, 5) is 16.9. The zero-order chi connectivity index (χ0) is 21.3. The standard InChI is InChI=1S/C20H23ClFN5O2/c1-12(29-20(2,3)4)9-26(11-28)17-7-13(5-6-15(17)22)16-8-14(21)18-19(23)24-10-25-27(16)18/h5-8,10-12H,9H2,1-4H3,(H2,23,24,25)/t12-/m0/s1. The maximum absolute atomic E-state index is 14.6. The van der Waals surface area contributed by atoms with Gasteiger partial charge in [0, 0.05) is 5.56 Å². The fourth-order valence-corrected chi connectivity index (χ4v) is 3.52. The van der Waals surface area contributed by atoms with Crippen LogP contribution in [-0.2, 0) is 9.53 Å². The van der Waals surface area contributed by atoms with Crippen LogP contribution in [0.15, 0.2) is 30.6 Å². The Morgan fingerprint density at radius 2 is 2.10 bits per heavy atom. The van der Waals surface area contributed by atoms with Crippen LogP contribution in [0.4, 0.5) is 15.9 Å². The second-order valence-corrected chi connectivity index (χ2v) is 8.16. The smallest absolute Gasteiger partial charge is 0.214 e. The number of carbonyl (C=O) groups excluding carboxylic acids is 1. The van der Waals surface area contributed by atoms with E-state index >= 15 is 0 Å². The Balaban J connectivity index is 2.00. The molecule has 1 aromatic carbocycles. The summed E-state index contributed by atoms with van der Waals surface area (Å²) in [5.74, 6) is -0.286. The van der Waals surface area contributed by atoms with Crippen LogP contribution in [0.25, 0.3) is 16.8 Å². The molecule has 0 saturated carbocycles. The first kappa shape index (κ1) is 21.0. The van der Waals surface area contributed by atoms with Gasteiger partial charge in [0.2, 0.25) is 6.41 Å². The lowest BCUT2D eigenvalue weighted by Gasteiger charge is -2.28. The lowest BCUT2D eigenvalue weighted by atomic mass is 10.1. The van der Waals surface area contributed by atoms with Crippen molar-refractivity contribution in [2.24, 2.45) is 0 Å². The van der Waals surface area contributed by atoms with E-state index in [-0.39, 0.29) is 29.8 Å². The molecule has 0 unspecified atom stereocenters. The number of nitrogens with zero attached hydrogens (tertiary/aromatic N) is 4. The highest BCUT2D eigenvalue weighted by molar-refractivity contribution is 6.35. The molecule has 2 N–H and O–H groups in total. The Kier molecular flexibility index (Phi) is 5.77. The molecule has 0 aliphatic carbocycles. The summed E-state index contributed by atoms with van der Waals surface area (Å²) in [6.45, 7) is 7.80. The van der Waals surface area contributed by atoms with Crippen molar-refractivity contribution in [3.05, 3.63) is 41.4 Å². The van der Waals surface area contributed by atoms with Gasteiger partial charge in [0.25, 0.3) is 0 Å². The fourth-order valence-electron chi connectivity index (χ4n) is 3.24. The monoisotopic (exact) mass is 419 g/mol. The second kappa shape index (κ2) is 7.96. The number of nitrogens with two attached hydrogens (primary N) is 1. The largest absolute Gasteiger partial charge is 0.382 e. The molecule has 154 valence electrons. The fraction of sp³-hybridized carbons (Fsp3) is 0.350. The Bertz CT molecular complexity index is 1050. The molecule has 0 radical (unpaired) electrons. The van der Waals surface area contributed by atoms with Crippen molar-refractivity contribution >= 4 is 35.0 Å². The molecule has 1 amide bonds. The molecular formula is C20H23ClFN5O2. The molecule has 3 aromatic rings. The first-order valence-electron chi connectivity index (χ1n) is 9.08. The van der Waals surface area contributed by atoms with Crippen molar-refractivity contribution in [1.29, 1.82) is 0 Å². The van der Waals surface area contributed by atoms with Crippen LogP contribution < -0.4 is 10.6 Å². The number of carbonyl (C=O) groups is 1. The van der Waals surface area contributed by atoms with Crippen molar-refractivity contribution in [3.8, 4) is 11.3 Å². The van der Waals surface area contributed by atoms with Gasteiger partial charge in [-0.25, -0.2) is 13.9 Å². The van der Waals surface area contributed by atoms with Crippen molar-refractivity contribution in [2.75, 3.05) is 17.2 Å². The number of benzene rings is 1. The number of hydrogen-bond donors (Lipinski definition) is 1. The van der Waals surface area contributed by atoms with Gasteiger partial charge in [-0.3, -0.25) is 4.79 Å². The Labute approximate surface area is 173 Å². The van der Waals surface area contributed by atoms with Crippen LogP contribution >= 0.6 is 11.6 Å². The zero-order valence-electron chi connectivity index (χ0n) is 16.7. The van der Waals surface area contributed by atoms with E-state index in [9.17, 15) is 9.18 Å². The number of fused-ring (bicyclic) bond motifs is 1. The minimum atomic E-state index is -0.523. The highest BCUT2D eigenvalue weighted by Gasteiger charge is 2.21. The summed E-state index contributed by atoms with van der Waals surface area (Å²) in [5.41, 5.74) is 7.34. The molecule has 1 atom stereocenters. The third-order valence-corrected chi connectivity index (χ3v) is 4.51.